The summed E-state index contributed by atoms with van der Waals surface area (Å²) in [7, 11) is 0. The highest BCUT2D eigenvalue weighted by Crippen LogP contribution is 2.41. The first-order valence-corrected chi connectivity index (χ1v) is 10.1. The van der Waals surface area contributed by atoms with E-state index in [9.17, 15) is 9.18 Å². The molecule has 4 heterocycles. The van der Waals surface area contributed by atoms with Gasteiger partial charge in [-0.1, -0.05) is 17.7 Å². The number of carbonyl (C=O) groups is 1. The molecule has 2 atom stereocenters. The molecule has 6 nitrogen and oxygen atoms in total. The van der Waals surface area contributed by atoms with Crippen LogP contribution < -0.4 is 0 Å². The van der Waals surface area contributed by atoms with Crippen molar-refractivity contribution >= 4 is 17.5 Å². The molecule has 0 N–H and O–H groups in total. The SMILES string of the molecule is Cc1c(F)ccc(C(=O)N2[C@H]3CCC[C@@H]2c2nnc(-c4ccccn4)n2C3)c1Cl. The molecule has 0 aliphatic carbocycles. The number of hydrogen-bond donors (Lipinski definition) is 0. The van der Waals surface area contributed by atoms with Crippen LogP contribution in [-0.4, -0.2) is 36.6 Å². The predicted octanol–water partition coefficient (Wildman–Crippen LogP) is 4.19. The Morgan fingerprint density at radius 1 is 1.21 bits per heavy atom. The minimum Gasteiger partial charge on any atom is -0.324 e. The number of halogens is 2. The second-order valence-corrected chi connectivity index (χ2v) is 7.93. The van der Waals surface area contributed by atoms with E-state index >= 15 is 0 Å². The van der Waals surface area contributed by atoms with Crippen LogP contribution in [-0.2, 0) is 6.54 Å². The van der Waals surface area contributed by atoms with Crippen LogP contribution in [0.5, 0.6) is 0 Å². The molecule has 148 valence electrons. The van der Waals surface area contributed by atoms with Gasteiger partial charge in [-0.3, -0.25) is 9.78 Å². The maximum atomic E-state index is 13.8. The molecule has 2 aromatic heterocycles. The Kier molecular flexibility index (Phi) is 4.35. The van der Waals surface area contributed by atoms with E-state index in [-0.39, 0.29) is 23.0 Å². The van der Waals surface area contributed by atoms with Crippen LogP contribution in [0.25, 0.3) is 11.5 Å². The second kappa shape index (κ2) is 6.91. The molecule has 2 aliphatic heterocycles. The summed E-state index contributed by atoms with van der Waals surface area (Å²) in [5.41, 5.74) is 1.39. The highest BCUT2D eigenvalue weighted by Gasteiger charge is 2.43. The number of nitrogens with zero attached hydrogens (tertiary/aromatic N) is 5. The number of aromatic nitrogens is 4. The molecule has 0 radical (unpaired) electrons. The molecule has 1 aromatic carbocycles. The Bertz CT molecular complexity index is 1100. The Morgan fingerprint density at radius 3 is 2.86 bits per heavy atom. The number of rotatable bonds is 2. The highest BCUT2D eigenvalue weighted by molar-refractivity contribution is 6.34. The zero-order chi connectivity index (χ0) is 20.1. The van der Waals surface area contributed by atoms with Crippen molar-refractivity contribution in [2.75, 3.05) is 0 Å². The second-order valence-electron chi connectivity index (χ2n) is 7.55. The van der Waals surface area contributed by atoms with Crippen molar-refractivity contribution in [2.24, 2.45) is 0 Å². The molecule has 5 rings (SSSR count). The van der Waals surface area contributed by atoms with E-state index in [1.807, 2.05) is 23.1 Å². The third-order valence-electron chi connectivity index (χ3n) is 5.89. The van der Waals surface area contributed by atoms with Gasteiger partial charge in [-0.2, -0.15) is 0 Å². The lowest BCUT2D eigenvalue weighted by atomic mass is 9.90. The molecule has 2 aliphatic rings. The van der Waals surface area contributed by atoms with E-state index in [4.69, 9.17) is 11.6 Å². The molecule has 2 bridgehead atoms. The van der Waals surface area contributed by atoms with Crippen molar-refractivity contribution in [1.29, 1.82) is 0 Å². The summed E-state index contributed by atoms with van der Waals surface area (Å²) in [6, 6.07) is 8.29. The van der Waals surface area contributed by atoms with Gasteiger partial charge in [0.25, 0.3) is 5.91 Å². The summed E-state index contributed by atoms with van der Waals surface area (Å²) in [6.45, 7) is 2.19. The van der Waals surface area contributed by atoms with Gasteiger partial charge in [0.2, 0.25) is 0 Å². The quantitative estimate of drug-likeness (QED) is 0.634. The average Bonchev–Trinajstić information content (AvgIpc) is 3.15. The number of carbonyl (C=O) groups excluding carboxylic acids is 1. The van der Waals surface area contributed by atoms with Crippen molar-refractivity contribution in [3.05, 3.63) is 64.3 Å². The summed E-state index contributed by atoms with van der Waals surface area (Å²) in [4.78, 5) is 19.7. The standard InChI is InChI=1S/C21H19ClFN5O/c1-12-15(23)9-8-14(18(12)22)21(29)28-13-5-4-7-17(28)20-26-25-19(27(20)11-13)16-6-2-3-10-24-16/h2-3,6,8-10,13,17H,4-5,7,11H2,1H3/t13-,17+/m0/s1. The van der Waals surface area contributed by atoms with Crippen LogP contribution in [0.3, 0.4) is 0 Å². The Hall–Kier alpha value is -2.80. The number of piperidine rings is 1. The van der Waals surface area contributed by atoms with Crippen LogP contribution in [0.4, 0.5) is 4.39 Å². The highest BCUT2D eigenvalue weighted by atomic mass is 35.5. The first-order valence-electron chi connectivity index (χ1n) is 9.68. The van der Waals surface area contributed by atoms with Gasteiger partial charge in [0, 0.05) is 18.3 Å². The molecule has 0 saturated carbocycles. The average molecular weight is 412 g/mol. The fourth-order valence-electron chi connectivity index (χ4n) is 4.42. The van der Waals surface area contributed by atoms with Gasteiger partial charge in [-0.05, 0) is 50.5 Å². The van der Waals surface area contributed by atoms with E-state index in [0.717, 1.165) is 36.6 Å². The molecular formula is C21H19ClFN5O. The third-order valence-corrected chi connectivity index (χ3v) is 6.38. The molecule has 8 heteroatoms. The molecule has 1 amide bonds. The van der Waals surface area contributed by atoms with E-state index in [2.05, 4.69) is 19.7 Å². The summed E-state index contributed by atoms with van der Waals surface area (Å²) >= 11 is 6.32. The Morgan fingerprint density at radius 2 is 2.07 bits per heavy atom. The van der Waals surface area contributed by atoms with Gasteiger partial charge in [0.05, 0.1) is 22.7 Å². The van der Waals surface area contributed by atoms with Gasteiger partial charge in [-0.15, -0.1) is 10.2 Å². The van der Waals surface area contributed by atoms with Crippen LogP contribution >= 0.6 is 11.6 Å². The lowest BCUT2D eigenvalue weighted by molar-refractivity contribution is 0.0289. The molecule has 0 unspecified atom stereocenters. The molecule has 1 saturated heterocycles. The molecule has 3 aromatic rings. The fourth-order valence-corrected chi connectivity index (χ4v) is 4.66. The smallest absolute Gasteiger partial charge is 0.256 e. The molecule has 0 spiro atoms. The minimum absolute atomic E-state index is 0.00800. The van der Waals surface area contributed by atoms with Crippen LogP contribution in [0, 0.1) is 12.7 Å². The number of fused-ring (bicyclic) bond motifs is 4. The third kappa shape index (κ3) is 2.83. The van der Waals surface area contributed by atoms with Crippen molar-refractivity contribution in [3.63, 3.8) is 0 Å². The first-order chi connectivity index (χ1) is 14.1. The van der Waals surface area contributed by atoms with Gasteiger partial charge < -0.3 is 9.47 Å². The van der Waals surface area contributed by atoms with E-state index in [1.54, 1.807) is 13.1 Å². The number of benzene rings is 1. The lowest BCUT2D eigenvalue weighted by Crippen LogP contribution is -2.52. The summed E-state index contributed by atoms with van der Waals surface area (Å²) in [6.07, 6.45) is 4.44. The topological polar surface area (TPSA) is 63.9 Å². The molecule has 1 fully saturated rings. The maximum Gasteiger partial charge on any atom is 0.256 e. The van der Waals surface area contributed by atoms with Gasteiger partial charge >= 0.3 is 0 Å². The monoisotopic (exact) mass is 411 g/mol. The van der Waals surface area contributed by atoms with Crippen LogP contribution in [0.1, 0.15) is 47.1 Å². The van der Waals surface area contributed by atoms with Crippen molar-refractivity contribution < 1.29 is 9.18 Å². The zero-order valence-electron chi connectivity index (χ0n) is 15.8. The summed E-state index contributed by atoms with van der Waals surface area (Å²) < 4.78 is 15.9. The normalized spacial score (nSPS) is 20.4. The van der Waals surface area contributed by atoms with Gasteiger partial charge in [0.1, 0.15) is 11.5 Å². The predicted molar refractivity (Wildman–Crippen MR) is 106 cm³/mol. The maximum absolute atomic E-state index is 13.8. The minimum atomic E-state index is -0.412. The molecule has 29 heavy (non-hydrogen) atoms. The van der Waals surface area contributed by atoms with Gasteiger partial charge in [0.15, 0.2) is 11.6 Å². The summed E-state index contributed by atoms with van der Waals surface area (Å²) in [5.74, 6) is 0.900. The van der Waals surface area contributed by atoms with Crippen LogP contribution in [0.15, 0.2) is 36.5 Å². The van der Waals surface area contributed by atoms with Crippen molar-refractivity contribution in [3.8, 4) is 11.5 Å². The van der Waals surface area contributed by atoms with Crippen molar-refractivity contribution in [1.82, 2.24) is 24.6 Å². The Balaban J connectivity index is 1.56. The lowest BCUT2D eigenvalue weighted by Gasteiger charge is -2.45. The van der Waals surface area contributed by atoms with Crippen molar-refractivity contribution in [2.45, 2.75) is 44.8 Å². The zero-order valence-corrected chi connectivity index (χ0v) is 16.6. The Labute approximate surface area is 172 Å². The van der Waals surface area contributed by atoms with E-state index < -0.39 is 5.82 Å². The van der Waals surface area contributed by atoms with E-state index in [1.165, 1.54) is 12.1 Å². The number of amides is 1. The summed E-state index contributed by atoms with van der Waals surface area (Å²) in [5, 5.41) is 8.97. The van der Waals surface area contributed by atoms with Gasteiger partial charge in [-0.25, -0.2) is 4.39 Å². The number of pyridine rings is 1. The van der Waals surface area contributed by atoms with E-state index in [0.29, 0.717) is 17.7 Å². The first kappa shape index (κ1) is 18.2. The van der Waals surface area contributed by atoms with Crippen LogP contribution in [0.2, 0.25) is 5.02 Å². The fraction of sp³-hybridized carbons (Fsp3) is 0.333. The molecular weight excluding hydrogens is 393 g/mol. The largest absolute Gasteiger partial charge is 0.324 e. The number of hydrogen-bond acceptors (Lipinski definition) is 4.